The highest BCUT2D eigenvalue weighted by atomic mass is 15.0. The SMILES string of the molecule is c1ccc(-c2ccc3c(c2)c2ccc(-n4c5ccccc5c5ccc(-c6ccc7c(c6)c6ccccc6n7-c6ccccc6)cc54)cc2n3-c2ccccc2)cc1. The van der Waals surface area contributed by atoms with Crippen LogP contribution in [0, 0.1) is 0 Å². The molecule has 0 fully saturated rings. The van der Waals surface area contributed by atoms with E-state index in [1.54, 1.807) is 0 Å². The summed E-state index contributed by atoms with van der Waals surface area (Å²) in [6.07, 6.45) is 0. The molecule has 0 bridgehead atoms. The second-order valence-corrected chi connectivity index (χ2v) is 15.0. The maximum Gasteiger partial charge on any atom is 0.0561 e. The summed E-state index contributed by atoms with van der Waals surface area (Å²) >= 11 is 0. The molecule has 0 saturated carbocycles. The lowest BCUT2D eigenvalue weighted by Gasteiger charge is -2.12. The zero-order valence-corrected chi connectivity index (χ0v) is 31.0. The van der Waals surface area contributed by atoms with Crippen molar-refractivity contribution in [3.05, 3.63) is 212 Å². The van der Waals surface area contributed by atoms with Gasteiger partial charge in [-0.05, 0) is 101 Å². The Morgan fingerprint density at radius 1 is 0.193 bits per heavy atom. The standard InChI is InChI=1S/C54H35N3/c1-4-14-36(15-5-1)37-25-30-52-48(32-37)46-29-27-42(35-54(46)56(52)41-18-8-3-9-19-41)57-49-22-12-10-20-43(49)45-28-24-39(34-53(45)57)38-26-31-51-47(33-38)44-21-11-13-23-50(44)55(51)40-16-6-2-7-17-40/h1-35H. The molecule has 3 nitrogen and oxygen atoms in total. The van der Waals surface area contributed by atoms with Gasteiger partial charge in [-0.2, -0.15) is 0 Å². The molecule has 9 aromatic carbocycles. The third-order valence-electron chi connectivity index (χ3n) is 11.8. The highest BCUT2D eigenvalue weighted by Crippen LogP contribution is 2.40. The van der Waals surface area contributed by atoms with Gasteiger partial charge in [0.15, 0.2) is 0 Å². The first kappa shape index (κ1) is 31.7. The van der Waals surface area contributed by atoms with Crippen LogP contribution < -0.4 is 0 Å². The van der Waals surface area contributed by atoms with Gasteiger partial charge in [0.05, 0.1) is 33.1 Å². The van der Waals surface area contributed by atoms with Crippen LogP contribution in [0.2, 0.25) is 0 Å². The second kappa shape index (κ2) is 12.5. The average Bonchev–Trinajstić information content (AvgIpc) is 3.92. The topological polar surface area (TPSA) is 14.8 Å². The molecule has 0 aliphatic carbocycles. The van der Waals surface area contributed by atoms with E-state index < -0.39 is 0 Å². The lowest BCUT2D eigenvalue weighted by molar-refractivity contribution is 1.15. The molecule has 266 valence electrons. The van der Waals surface area contributed by atoms with E-state index in [2.05, 4.69) is 226 Å². The zero-order chi connectivity index (χ0) is 37.5. The van der Waals surface area contributed by atoms with Crippen LogP contribution in [-0.2, 0) is 0 Å². The third kappa shape index (κ3) is 4.86. The normalized spacial score (nSPS) is 11.9. The number of aromatic nitrogens is 3. The zero-order valence-electron chi connectivity index (χ0n) is 31.0. The van der Waals surface area contributed by atoms with Gasteiger partial charge in [-0.15, -0.1) is 0 Å². The fourth-order valence-corrected chi connectivity index (χ4v) is 9.25. The first-order valence-corrected chi connectivity index (χ1v) is 19.6. The van der Waals surface area contributed by atoms with Gasteiger partial charge in [0.25, 0.3) is 0 Å². The quantitative estimate of drug-likeness (QED) is 0.168. The molecule has 3 heteroatoms. The first-order chi connectivity index (χ1) is 28.3. The van der Waals surface area contributed by atoms with Crippen molar-refractivity contribution >= 4 is 65.4 Å². The molecular weight excluding hydrogens is 691 g/mol. The summed E-state index contributed by atoms with van der Waals surface area (Å²) in [4.78, 5) is 0. The van der Waals surface area contributed by atoms with Crippen LogP contribution in [0.25, 0.3) is 105 Å². The molecule has 57 heavy (non-hydrogen) atoms. The Labute approximate surface area is 329 Å². The number of rotatable bonds is 5. The fraction of sp³-hybridized carbons (Fsp3) is 0. The number of para-hydroxylation sites is 4. The number of nitrogens with zero attached hydrogens (tertiary/aromatic N) is 3. The molecular formula is C54H35N3. The monoisotopic (exact) mass is 725 g/mol. The van der Waals surface area contributed by atoms with Crippen LogP contribution in [0.15, 0.2) is 212 Å². The molecule has 0 spiro atoms. The van der Waals surface area contributed by atoms with E-state index in [0.29, 0.717) is 0 Å². The second-order valence-electron chi connectivity index (χ2n) is 15.0. The Bertz CT molecular complexity index is 3500. The minimum atomic E-state index is 1.13. The van der Waals surface area contributed by atoms with E-state index in [9.17, 15) is 0 Å². The van der Waals surface area contributed by atoms with Gasteiger partial charge in [-0.3, -0.25) is 0 Å². The molecule has 0 aliphatic heterocycles. The minimum Gasteiger partial charge on any atom is -0.309 e. The van der Waals surface area contributed by atoms with Gasteiger partial charge in [0, 0.05) is 49.4 Å². The van der Waals surface area contributed by atoms with E-state index in [4.69, 9.17) is 0 Å². The highest BCUT2D eigenvalue weighted by molar-refractivity contribution is 6.14. The fourth-order valence-electron chi connectivity index (χ4n) is 9.25. The van der Waals surface area contributed by atoms with Crippen molar-refractivity contribution < 1.29 is 0 Å². The number of hydrogen-bond acceptors (Lipinski definition) is 0. The van der Waals surface area contributed by atoms with E-state index in [-0.39, 0.29) is 0 Å². The molecule has 0 N–H and O–H groups in total. The first-order valence-electron chi connectivity index (χ1n) is 19.6. The van der Waals surface area contributed by atoms with Gasteiger partial charge >= 0.3 is 0 Å². The summed E-state index contributed by atoms with van der Waals surface area (Å²) in [6.45, 7) is 0. The maximum absolute atomic E-state index is 2.45. The van der Waals surface area contributed by atoms with Crippen molar-refractivity contribution in [2.75, 3.05) is 0 Å². The van der Waals surface area contributed by atoms with Gasteiger partial charge in [-0.25, -0.2) is 0 Å². The Morgan fingerprint density at radius 3 is 1.21 bits per heavy atom. The van der Waals surface area contributed by atoms with Crippen LogP contribution in [0.1, 0.15) is 0 Å². The number of fused-ring (bicyclic) bond motifs is 9. The molecule has 0 unspecified atom stereocenters. The van der Waals surface area contributed by atoms with Crippen molar-refractivity contribution in [2.45, 2.75) is 0 Å². The van der Waals surface area contributed by atoms with Gasteiger partial charge in [0.1, 0.15) is 0 Å². The summed E-state index contributed by atoms with van der Waals surface area (Å²) in [5.74, 6) is 0. The van der Waals surface area contributed by atoms with E-state index >= 15 is 0 Å². The summed E-state index contributed by atoms with van der Waals surface area (Å²) in [5.41, 5.74) is 15.5. The van der Waals surface area contributed by atoms with Crippen molar-refractivity contribution in [1.82, 2.24) is 13.7 Å². The maximum atomic E-state index is 2.45. The van der Waals surface area contributed by atoms with Crippen LogP contribution >= 0.6 is 0 Å². The third-order valence-corrected chi connectivity index (χ3v) is 11.8. The van der Waals surface area contributed by atoms with E-state index in [1.807, 2.05) is 0 Å². The van der Waals surface area contributed by atoms with Gasteiger partial charge in [0.2, 0.25) is 0 Å². The summed E-state index contributed by atoms with van der Waals surface area (Å²) in [7, 11) is 0. The Morgan fingerprint density at radius 2 is 0.579 bits per heavy atom. The minimum absolute atomic E-state index is 1.13. The molecule has 3 aromatic heterocycles. The molecule has 12 rings (SSSR count). The largest absolute Gasteiger partial charge is 0.309 e. The molecule has 0 saturated heterocycles. The lowest BCUT2D eigenvalue weighted by atomic mass is 10.0. The van der Waals surface area contributed by atoms with Gasteiger partial charge < -0.3 is 13.7 Å². The van der Waals surface area contributed by atoms with Crippen LogP contribution in [0.3, 0.4) is 0 Å². The molecule has 0 amide bonds. The van der Waals surface area contributed by atoms with E-state index in [0.717, 1.165) is 11.4 Å². The van der Waals surface area contributed by atoms with Crippen LogP contribution in [0.4, 0.5) is 0 Å². The predicted molar refractivity (Wildman–Crippen MR) is 240 cm³/mol. The highest BCUT2D eigenvalue weighted by Gasteiger charge is 2.19. The van der Waals surface area contributed by atoms with Crippen molar-refractivity contribution in [2.24, 2.45) is 0 Å². The summed E-state index contributed by atoms with van der Waals surface area (Å²) < 4.78 is 7.25. The number of hydrogen-bond donors (Lipinski definition) is 0. The summed E-state index contributed by atoms with van der Waals surface area (Å²) in [6, 6.07) is 77.5. The van der Waals surface area contributed by atoms with Crippen LogP contribution in [-0.4, -0.2) is 13.7 Å². The van der Waals surface area contributed by atoms with Gasteiger partial charge in [-0.1, -0.05) is 133 Å². The molecule has 3 heterocycles. The Kier molecular flexibility index (Phi) is 6.93. The number of benzene rings is 9. The predicted octanol–water partition coefficient (Wildman–Crippen LogP) is 14.3. The van der Waals surface area contributed by atoms with Crippen molar-refractivity contribution in [3.63, 3.8) is 0 Å². The van der Waals surface area contributed by atoms with Crippen molar-refractivity contribution in [1.29, 1.82) is 0 Å². The molecule has 0 radical (unpaired) electrons. The Balaban J connectivity index is 1.07. The smallest absolute Gasteiger partial charge is 0.0561 e. The average molecular weight is 726 g/mol. The Hall–Kier alpha value is -7.62. The molecule has 0 aliphatic rings. The van der Waals surface area contributed by atoms with Crippen LogP contribution in [0.5, 0.6) is 0 Å². The van der Waals surface area contributed by atoms with Crippen molar-refractivity contribution in [3.8, 4) is 39.3 Å². The molecule has 0 atom stereocenters. The lowest BCUT2D eigenvalue weighted by Crippen LogP contribution is -1.97. The molecule has 12 aromatic rings. The summed E-state index contributed by atoms with van der Waals surface area (Å²) in [5, 5.41) is 7.48. The van der Waals surface area contributed by atoms with E-state index in [1.165, 1.54) is 93.4 Å².